The summed E-state index contributed by atoms with van der Waals surface area (Å²) in [5.74, 6) is -0.833. The van der Waals surface area contributed by atoms with Crippen molar-refractivity contribution in [1.82, 2.24) is 9.88 Å². The second-order valence-electron chi connectivity index (χ2n) is 8.61. The van der Waals surface area contributed by atoms with Gasteiger partial charge < -0.3 is 19.7 Å². The zero-order valence-electron chi connectivity index (χ0n) is 19.7. The summed E-state index contributed by atoms with van der Waals surface area (Å²) >= 11 is 3.45. The number of carbonyl (C=O) groups is 2. The minimum Gasteiger partial charge on any atom is -0.507 e. The maximum absolute atomic E-state index is 13.3. The van der Waals surface area contributed by atoms with Crippen LogP contribution in [0, 0.1) is 0 Å². The second-order valence-corrected chi connectivity index (χ2v) is 9.53. The highest BCUT2D eigenvalue weighted by molar-refractivity contribution is 9.10. The molecule has 0 spiro atoms. The van der Waals surface area contributed by atoms with Gasteiger partial charge in [0.15, 0.2) is 0 Å². The number of aliphatic hydroxyl groups is 1. The number of benzene rings is 3. The summed E-state index contributed by atoms with van der Waals surface area (Å²) in [5, 5.41) is 12.3. The number of aliphatic hydroxyl groups excluding tert-OH is 1. The number of Topliss-reactive ketones (excluding diaryl/α,β-unsaturated/α-hetero) is 1. The van der Waals surface area contributed by atoms with E-state index in [2.05, 4.69) is 20.9 Å². The standard InChI is InChI=1S/C29H25BrN2O4/c1-2-36-22-13-9-19(10-14-22)27(33)25-26(18-7-11-21(30)12-8-18)32(29(35)28(25)34)16-15-20-17-31-24-6-4-3-5-23(20)24/h3-14,17,26,31,33H,2,15-16H2,1H3/t26-/m1/s1. The van der Waals surface area contributed by atoms with E-state index in [4.69, 9.17) is 4.74 Å². The number of nitrogens with zero attached hydrogens (tertiary/aromatic N) is 1. The third kappa shape index (κ3) is 4.42. The lowest BCUT2D eigenvalue weighted by Crippen LogP contribution is -2.31. The molecule has 1 aliphatic heterocycles. The quantitative estimate of drug-likeness (QED) is 0.170. The lowest BCUT2D eigenvalue weighted by atomic mass is 9.95. The Labute approximate surface area is 217 Å². The number of ether oxygens (including phenoxy) is 1. The van der Waals surface area contributed by atoms with E-state index in [9.17, 15) is 14.7 Å². The molecule has 1 aliphatic rings. The summed E-state index contributed by atoms with van der Waals surface area (Å²) in [4.78, 5) is 31.4. The van der Waals surface area contributed by atoms with Gasteiger partial charge in [-0.2, -0.15) is 0 Å². The molecule has 1 amide bonds. The number of aromatic nitrogens is 1. The first kappa shape index (κ1) is 23.9. The van der Waals surface area contributed by atoms with Gasteiger partial charge in [0.2, 0.25) is 0 Å². The first-order chi connectivity index (χ1) is 17.5. The number of likely N-dealkylation sites (tertiary alicyclic amines) is 1. The minimum absolute atomic E-state index is 0.0883. The van der Waals surface area contributed by atoms with Crippen LogP contribution < -0.4 is 4.74 Å². The molecule has 1 aromatic heterocycles. The number of fused-ring (bicyclic) bond motifs is 1. The van der Waals surface area contributed by atoms with E-state index in [0.717, 1.165) is 26.5 Å². The Bertz CT molecular complexity index is 1450. The molecule has 0 radical (unpaired) electrons. The van der Waals surface area contributed by atoms with E-state index in [0.29, 0.717) is 30.9 Å². The number of nitrogens with one attached hydrogen (secondary N) is 1. The normalized spacial score (nSPS) is 17.2. The van der Waals surface area contributed by atoms with E-state index < -0.39 is 17.7 Å². The van der Waals surface area contributed by atoms with Gasteiger partial charge in [-0.15, -0.1) is 0 Å². The van der Waals surface area contributed by atoms with Crippen LogP contribution in [0.4, 0.5) is 0 Å². The van der Waals surface area contributed by atoms with Gasteiger partial charge in [0.05, 0.1) is 18.2 Å². The van der Waals surface area contributed by atoms with Crippen molar-refractivity contribution in [2.45, 2.75) is 19.4 Å². The van der Waals surface area contributed by atoms with Crippen LogP contribution >= 0.6 is 15.9 Å². The van der Waals surface area contributed by atoms with Crippen LogP contribution in [0.2, 0.25) is 0 Å². The van der Waals surface area contributed by atoms with E-state index in [1.165, 1.54) is 0 Å². The second kappa shape index (κ2) is 10.0. The number of amides is 1. The molecule has 0 bridgehead atoms. The number of aromatic amines is 1. The molecule has 0 unspecified atom stereocenters. The Morgan fingerprint density at radius 3 is 2.47 bits per heavy atom. The third-order valence-electron chi connectivity index (χ3n) is 6.46. The van der Waals surface area contributed by atoms with E-state index >= 15 is 0 Å². The van der Waals surface area contributed by atoms with Crippen LogP contribution in [0.3, 0.4) is 0 Å². The van der Waals surface area contributed by atoms with Crippen molar-refractivity contribution in [2.24, 2.45) is 0 Å². The molecule has 1 fully saturated rings. The van der Waals surface area contributed by atoms with Crippen LogP contribution in [-0.2, 0) is 16.0 Å². The zero-order valence-corrected chi connectivity index (χ0v) is 21.3. The van der Waals surface area contributed by atoms with Gasteiger partial charge in [0.25, 0.3) is 11.7 Å². The molecule has 0 aliphatic carbocycles. The average Bonchev–Trinajstić information content (AvgIpc) is 3.42. The first-order valence-electron chi connectivity index (χ1n) is 11.8. The van der Waals surface area contributed by atoms with Gasteiger partial charge in [-0.1, -0.05) is 46.3 Å². The maximum Gasteiger partial charge on any atom is 0.295 e. The predicted octanol–water partition coefficient (Wildman–Crippen LogP) is 5.99. The molecule has 6 nitrogen and oxygen atoms in total. The summed E-state index contributed by atoms with van der Waals surface area (Å²) in [6.45, 7) is 2.74. The molecule has 5 rings (SSSR count). The monoisotopic (exact) mass is 544 g/mol. The van der Waals surface area contributed by atoms with Crippen LogP contribution in [0.15, 0.2) is 89.0 Å². The molecule has 7 heteroatoms. The van der Waals surface area contributed by atoms with Gasteiger partial charge in [-0.25, -0.2) is 0 Å². The summed E-state index contributed by atoms with van der Waals surface area (Å²) < 4.78 is 6.37. The Balaban J connectivity index is 1.54. The molecule has 182 valence electrons. The summed E-state index contributed by atoms with van der Waals surface area (Å²) in [6.07, 6.45) is 2.50. The first-order valence-corrected chi connectivity index (χ1v) is 12.6. The van der Waals surface area contributed by atoms with Gasteiger partial charge in [0, 0.05) is 33.7 Å². The molecule has 2 N–H and O–H groups in total. The lowest BCUT2D eigenvalue weighted by Gasteiger charge is -2.25. The predicted molar refractivity (Wildman–Crippen MR) is 143 cm³/mol. The highest BCUT2D eigenvalue weighted by Crippen LogP contribution is 2.40. The van der Waals surface area contributed by atoms with Gasteiger partial charge >= 0.3 is 0 Å². The number of hydrogen-bond acceptors (Lipinski definition) is 4. The van der Waals surface area contributed by atoms with Crippen LogP contribution in [0.1, 0.15) is 29.7 Å². The maximum atomic E-state index is 13.3. The fourth-order valence-corrected chi connectivity index (χ4v) is 4.98. The highest BCUT2D eigenvalue weighted by atomic mass is 79.9. The van der Waals surface area contributed by atoms with Crippen molar-refractivity contribution < 1.29 is 19.4 Å². The van der Waals surface area contributed by atoms with Gasteiger partial charge in [0.1, 0.15) is 11.5 Å². The van der Waals surface area contributed by atoms with Crippen molar-refractivity contribution in [2.75, 3.05) is 13.2 Å². The average molecular weight is 545 g/mol. The molecule has 36 heavy (non-hydrogen) atoms. The molecular formula is C29H25BrN2O4. The molecule has 4 aromatic rings. The van der Waals surface area contributed by atoms with Crippen molar-refractivity contribution in [1.29, 1.82) is 0 Å². The Kier molecular flexibility index (Phi) is 6.65. The number of carbonyl (C=O) groups excluding carboxylic acids is 2. The molecule has 1 atom stereocenters. The summed E-state index contributed by atoms with van der Waals surface area (Å²) in [5.41, 5.74) is 3.38. The van der Waals surface area contributed by atoms with Crippen molar-refractivity contribution in [3.63, 3.8) is 0 Å². The number of rotatable bonds is 7. The van der Waals surface area contributed by atoms with E-state index in [1.807, 2.05) is 61.7 Å². The van der Waals surface area contributed by atoms with E-state index in [-0.39, 0.29) is 11.3 Å². The topological polar surface area (TPSA) is 82.6 Å². The fourth-order valence-electron chi connectivity index (χ4n) is 4.71. The summed E-state index contributed by atoms with van der Waals surface area (Å²) in [7, 11) is 0. The van der Waals surface area contributed by atoms with Crippen LogP contribution in [0.5, 0.6) is 5.75 Å². The number of ketones is 1. The fraction of sp³-hybridized carbons (Fsp3) is 0.172. The van der Waals surface area contributed by atoms with Crippen LogP contribution in [0.25, 0.3) is 16.7 Å². The molecular weight excluding hydrogens is 520 g/mol. The third-order valence-corrected chi connectivity index (χ3v) is 6.99. The smallest absolute Gasteiger partial charge is 0.295 e. The summed E-state index contributed by atoms with van der Waals surface area (Å²) in [6, 6.07) is 21.6. The molecule has 3 aromatic carbocycles. The van der Waals surface area contributed by atoms with Gasteiger partial charge in [-0.05, 0) is 66.9 Å². The number of H-pyrrole nitrogens is 1. The van der Waals surface area contributed by atoms with Crippen molar-refractivity contribution >= 4 is 44.3 Å². The van der Waals surface area contributed by atoms with E-state index in [1.54, 1.807) is 29.2 Å². The molecule has 1 saturated heterocycles. The van der Waals surface area contributed by atoms with Gasteiger partial charge in [-0.3, -0.25) is 9.59 Å². The Morgan fingerprint density at radius 1 is 1.03 bits per heavy atom. The minimum atomic E-state index is -0.699. The SMILES string of the molecule is CCOc1ccc(C(O)=C2C(=O)C(=O)N(CCc3c[nH]c4ccccc34)[C@@H]2c2ccc(Br)cc2)cc1. The lowest BCUT2D eigenvalue weighted by molar-refractivity contribution is -0.139. The van der Waals surface area contributed by atoms with Crippen molar-refractivity contribution in [3.05, 3.63) is 106 Å². The zero-order chi connectivity index (χ0) is 25.2. The highest BCUT2D eigenvalue weighted by Gasteiger charge is 2.45. The molecule has 0 saturated carbocycles. The van der Waals surface area contributed by atoms with Crippen LogP contribution in [-0.4, -0.2) is 39.8 Å². The number of hydrogen-bond donors (Lipinski definition) is 2. The largest absolute Gasteiger partial charge is 0.507 e. The number of halogens is 1. The Morgan fingerprint density at radius 2 is 1.75 bits per heavy atom. The van der Waals surface area contributed by atoms with Crippen molar-refractivity contribution in [3.8, 4) is 5.75 Å². The molecule has 2 heterocycles. The number of para-hydroxylation sites is 1. The Hall–Kier alpha value is -3.84.